The van der Waals surface area contributed by atoms with Crippen molar-refractivity contribution in [3.63, 3.8) is 0 Å². The van der Waals surface area contributed by atoms with Crippen LogP contribution in [0.1, 0.15) is 46.9 Å². The normalized spacial score (nSPS) is 28.2. The van der Waals surface area contributed by atoms with Gasteiger partial charge in [-0.05, 0) is 50.3 Å². The lowest BCUT2D eigenvalue weighted by Gasteiger charge is -2.37. The predicted octanol–water partition coefficient (Wildman–Crippen LogP) is 2.73. The van der Waals surface area contributed by atoms with E-state index in [1.807, 2.05) is 4.90 Å². The van der Waals surface area contributed by atoms with Gasteiger partial charge in [-0.2, -0.15) is 5.10 Å². The minimum atomic E-state index is -0.645. The maximum Gasteiger partial charge on any atom is 0.274 e. The highest BCUT2D eigenvalue weighted by Crippen LogP contribution is 2.57. The van der Waals surface area contributed by atoms with Crippen molar-refractivity contribution in [3.8, 4) is 5.69 Å². The first-order chi connectivity index (χ1) is 13.6. The Kier molecular flexibility index (Phi) is 3.49. The first kappa shape index (κ1) is 16.7. The van der Waals surface area contributed by atoms with Crippen molar-refractivity contribution >= 4 is 5.91 Å². The zero-order valence-electron chi connectivity index (χ0n) is 15.6. The maximum absolute atomic E-state index is 14.5. The van der Waals surface area contributed by atoms with Crippen LogP contribution in [-0.2, 0) is 6.42 Å². The average Bonchev–Trinajstić information content (AvgIpc) is 3.04. The molecule has 4 aliphatic rings. The van der Waals surface area contributed by atoms with Crippen LogP contribution in [0, 0.1) is 17.6 Å². The fraction of sp³-hybridized carbons (Fsp3) is 0.524. The highest BCUT2D eigenvalue weighted by molar-refractivity contribution is 5.94. The van der Waals surface area contributed by atoms with E-state index in [4.69, 9.17) is 0 Å². The summed E-state index contributed by atoms with van der Waals surface area (Å²) in [6.45, 7) is 3.51. The molecule has 0 unspecified atom stereocenters. The molecule has 0 radical (unpaired) electrons. The number of carbonyl (C=O) groups is 1. The van der Waals surface area contributed by atoms with Crippen LogP contribution < -0.4 is 0 Å². The lowest BCUT2D eigenvalue weighted by atomic mass is 10.1. The maximum atomic E-state index is 14.5. The van der Waals surface area contributed by atoms with Crippen LogP contribution in [0.2, 0.25) is 0 Å². The van der Waals surface area contributed by atoms with Crippen molar-refractivity contribution in [1.82, 2.24) is 19.6 Å². The van der Waals surface area contributed by atoms with E-state index in [2.05, 4.69) is 10.00 Å². The van der Waals surface area contributed by atoms with Gasteiger partial charge in [0, 0.05) is 43.2 Å². The molecule has 7 heteroatoms. The molecule has 1 amide bonds. The SMILES string of the molecule is O=C(c1nn(-c2ccc(F)cc2F)c2c1C[C@H]1C[C@@H]21)N1CCN2CCC[C@@H]2C1. The number of hydrogen-bond donors (Lipinski definition) is 0. The van der Waals surface area contributed by atoms with Crippen molar-refractivity contribution in [2.45, 2.75) is 37.6 Å². The summed E-state index contributed by atoms with van der Waals surface area (Å²) in [5.74, 6) is -0.403. The van der Waals surface area contributed by atoms with Crippen LogP contribution in [-0.4, -0.2) is 57.7 Å². The van der Waals surface area contributed by atoms with Crippen LogP contribution in [0.5, 0.6) is 0 Å². The summed E-state index contributed by atoms with van der Waals surface area (Å²) < 4.78 is 29.4. The van der Waals surface area contributed by atoms with Gasteiger partial charge in [-0.15, -0.1) is 0 Å². The molecule has 1 saturated carbocycles. The van der Waals surface area contributed by atoms with E-state index >= 15 is 0 Å². The summed E-state index contributed by atoms with van der Waals surface area (Å²) in [4.78, 5) is 17.7. The van der Waals surface area contributed by atoms with E-state index in [1.54, 1.807) is 4.68 Å². The second-order valence-electron chi connectivity index (χ2n) is 8.61. The topological polar surface area (TPSA) is 41.4 Å². The second-order valence-corrected chi connectivity index (χ2v) is 8.61. The lowest BCUT2D eigenvalue weighted by molar-refractivity contribution is 0.0564. The van der Waals surface area contributed by atoms with Crippen LogP contribution in [0.25, 0.3) is 5.69 Å². The molecule has 3 heterocycles. The Morgan fingerprint density at radius 3 is 2.93 bits per heavy atom. The van der Waals surface area contributed by atoms with Crippen molar-refractivity contribution in [2.24, 2.45) is 5.92 Å². The number of amides is 1. The third-order valence-electron chi connectivity index (χ3n) is 6.98. The van der Waals surface area contributed by atoms with Crippen molar-refractivity contribution in [1.29, 1.82) is 0 Å². The zero-order valence-corrected chi connectivity index (χ0v) is 15.6. The summed E-state index contributed by atoms with van der Waals surface area (Å²) >= 11 is 0. The van der Waals surface area contributed by atoms with E-state index in [1.165, 1.54) is 18.6 Å². The van der Waals surface area contributed by atoms with Gasteiger partial charge in [-0.25, -0.2) is 13.5 Å². The smallest absolute Gasteiger partial charge is 0.274 e. The van der Waals surface area contributed by atoms with Gasteiger partial charge in [0.25, 0.3) is 5.91 Å². The Bertz CT molecular complexity index is 987. The van der Waals surface area contributed by atoms with Crippen LogP contribution in [0.3, 0.4) is 0 Å². The Hall–Kier alpha value is -2.28. The Morgan fingerprint density at radius 1 is 1.18 bits per heavy atom. The van der Waals surface area contributed by atoms with Crippen molar-refractivity contribution in [3.05, 3.63) is 46.8 Å². The minimum absolute atomic E-state index is 0.0367. The van der Waals surface area contributed by atoms with E-state index in [0.717, 1.165) is 56.2 Å². The zero-order chi connectivity index (χ0) is 19.0. The van der Waals surface area contributed by atoms with Gasteiger partial charge in [-0.3, -0.25) is 9.69 Å². The first-order valence-electron chi connectivity index (χ1n) is 10.2. The molecule has 2 aliphatic carbocycles. The molecule has 0 spiro atoms. The number of rotatable bonds is 2. The Labute approximate surface area is 161 Å². The molecule has 1 aromatic heterocycles. The molecule has 3 fully saturated rings. The summed E-state index contributed by atoms with van der Waals surface area (Å²) in [5.41, 5.74) is 2.63. The fourth-order valence-electron chi connectivity index (χ4n) is 5.45. The molecule has 2 aromatic rings. The number of aromatic nitrogens is 2. The molecule has 6 rings (SSSR count). The van der Waals surface area contributed by atoms with E-state index in [0.29, 0.717) is 30.1 Å². The van der Waals surface area contributed by atoms with Gasteiger partial charge < -0.3 is 4.90 Å². The van der Waals surface area contributed by atoms with Crippen LogP contribution in [0.4, 0.5) is 8.78 Å². The molecule has 3 atom stereocenters. The number of fused-ring (bicyclic) bond motifs is 4. The molecular weight excluding hydrogens is 362 g/mol. The number of piperazine rings is 1. The second kappa shape index (κ2) is 5.86. The predicted molar refractivity (Wildman–Crippen MR) is 98.5 cm³/mol. The van der Waals surface area contributed by atoms with Crippen LogP contribution in [0.15, 0.2) is 18.2 Å². The monoisotopic (exact) mass is 384 g/mol. The first-order valence-corrected chi connectivity index (χ1v) is 10.2. The molecule has 28 heavy (non-hydrogen) atoms. The molecule has 1 aromatic carbocycles. The molecule has 0 bridgehead atoms. The molecule has 2 aliphatic heterocycles. The molecule has 2 saturated heterocycles. The van der Waals surface area contributed by atoms with Crippen molar-refractivity contribution < 1.29 is 13.6 Å². The minimum Gasteiger partial charge on any atom is -0.334 e. The molecular formula is C21H22F2N4O. The van der Waals surface area contributed by atoms with Gasteiger partial charge in [0.1, 0.15) is 11.5 Å². The summed E-state index contributed by atoms with van der Waals surface area (Å²) in [6.07, 6.45) is 4.24. The molecule has 146 valence electrons. The fourth-order valence-corrected chi connectivity index (χ4v) is 5.45. The third-order valence-corrected chi connectivity index (χ3v) is 6.98. The quantitative estimate of drug-likeness (QED) is 0.800. The molecule has 5 nitrogen and oxygen atoms in total. The lowest BCUT2D eigenvalue weighted by Crippen LogP contribution is -2.52. The number of halogens is 2. The highest BCUT2D eigenvalue weighted by Gasteiger charge is 2.50. The van der Waals surface area contributed by atoms with Gasteiger partial charge in [0.2, 0.25) is 0 Å². The van der Waals surface area contributed by atoms with Crippen LogP contribution >= 0.6 is 0 Å². The van der Waals surface area contributed by atoms with Gasteiger partial charge in [0.05, 0.1) is 5.69 Å². The van der Waals surface area contributed by atoms with E-state index < -0.39 is 11.6 Å². The van der Waals surface area contributed by atoms with Crippen molar-refractivity contribution in [2.75, 3.05) is 26.2 Å². The Morgan fingerprint density at radius 2 is 2.07 bits per heavy atom. The summed E-state index contributed by atoms with van der Waals surface area (Å²) in [7, 11) is 0. The number of carbonyl (C=O) groups excluding carboxylic acids is 1. The van der Waals surface area contributed by atoms with Gasteiger partial charge >= 0.3 is 0 Å². The third kappa shape index (κ3) is 2.38. The largest absolute Gasteiger partial charge is 0.334 e. The summed E-state index contributed by atoms with van der Waals surface area (Å²) in [6, 6.07) is 3.99. The van der Waals surface area contributed by atoms with E-state index in [9.17, 15) is 13.6 Å². The average molecular weight is 384 g/mol. The highest BCUT2D eigenvalue weighted by atomic mass is 19.1. The number of nitrogens with zero attached hydrogens (tertiary/aromatic N) is 4. The van der Waals surface area contributed by atoms with E-state index in [-0.39, 0.29) is 11.6 Å². The number of benzene rings is 1. The standard InChI is InChI=1S/C21H22F2N4O/c22-13-3-4-18(17(23)10-13)27-20-15-8-12(15)9-16(20)19(24-27)21(28)26-7-6-25-5-1-2-14(25)11-26/h3-4,10,12,14-15H,1-2,5-9,11H2/t12-,14-,15-/m1/s1. The number of hydrogen-bond acceptors (Lipinski definition) is 3. The van der Waals surface area contributed by atoms with Gasteiger partial charge in [-0.1, -0.05) is 0 Å². The van der Waals surface area contributed by atoms with Gasteiger partial charge in [0.15, 0.2) is 11.5 Å². The summed E-state index contributed by atoms with van der Waals surface area (Å²) in [5, 5.41) is 4.58. The molecule has 0 N–H and O–H groups in total. The Balaban J connectivity index is 1.38.